The van der Waals surface area contributed by atoms with E-state index in [9.17, 15) is 4.79 Å². The summed E-state index contributed by atoms with van der Waals surface area (Å²) >= 11 is 4.67. The van der Waals surface area contributed by atoms with E-state index in [4.69, 9.17) is 11.6 Å². The molecule has 5 N–H and O–H groups in total. The van der Waals surface area contributed by atoms with Crippen molar-refractivity contribution in [3.8, 4) is 0 Å². The second kappa shape index (κ2) is 2.49. The van der Waals surface area contributed by atoms with Gasteiger partial charge in [-0.3, -0.25) is 9.80 Å². The van der Waals surface area contributed by atoms with Crippen LogP contribution in [-0.4, -0.2) is 22.2 Å². The summed E-state index contributed by atoms with van der Waals surface area (Å²) in [6.45, 7) is 0. The molecule has 1 saturated heterocycles. The number of carbonyl (C=O) groups excluding carboxylic acids is 1. The van der Waals surface area contributed by atoms with Crippen molar-refractivity contribution in [1.29, 1.82) is 0 Å². The Morgan fingerprint density at radius 2 is 2.40 bits per heavy atom. The lowest BCUT2D eigenvalue weighted by Gasteiger charge is -2.30. The number of nitrogens with one attached hydrogen (secondary N) is 1. The molecule has 0 bridgehead atoms. The molecule has 1 fully saturated rings. The number of hydrogen-bond acceptors (Lipinski definition) is 4. The second-order valence-corrected chi connectivity index (χ2v) is 2.42. The monoisotopic (exact) mass is 160 g/mol. The predicted molar refractivity (Wildman–Crippen MR) is 39.4 cm³/mol. The highest BCUT2D eigenvalue weighted by atomic mass is 32.1. The first kappa shape index (κ1) is 7.39. The normalized spacial score (nSPS) is 26.6. The molecular formula is C4H8N4OS. The number of thiocarbonyl (C=S) groups is 1. The van der Waals surface area contributed by atoms with Gasteiger partial charge < -0.3 is 11.1 Å². The summed E-state index contributed by atoms with van der Waals surface area (Å²) in [6.07, 6.45) is -0.294. The van der Waals surface area contributed by atoms with Crippen LogP contribution in [0.15, 0.2) is 0 Å². The van der Waals surface area contributed by atoms with Crippen LogP contribution in [0.3, 0.4) is 0 Å². The highest BCUT2D eigenvalue weighted by molar-refractivity contribution is 7.80. The summed E-state index contributed by atoms with van der Waals surface area (Å²) in [5.74, 6) is 5.16. The molecule has 1 aliphatic rings. The van der Waals surface area contributed by atoms with Crippen molar-refractivity contribution in [2.75, 3.05) is 0 Å². The highest BCUT2D eigenvalue weighted by Gasteiger charge is 2.24. The van der Waals surface area contributed by atoms with Gasteiger partial charge in [-0.15, -0.1) is 0 Å². The lowest BCUT2D eigenvalue weighted by Crippen LogP contribution is -2.61. The van der Waals surface area contributed by atoms with Crippen molar-refractivity contribution < 1.29 is 4.79 Å². The zero-order valence-corrected chi connectivity index (χ0v) is 6.02. The molecule has 0 spiro atoms. The van der Waals surface area contributed by atoms with E-state index in [1.807, 2.05) is 0 Å². The Balaban J connectivity index is 2.66. The minimum Gasteiger partial charge on any atom is -0.310 e. The first-order valence-electron chi connectivity index (χ1n) is 2.74. The molecule has 56 valence electrons. The lowest BCUT2D eigenvalue weighted by atomic mass is 10.3. The van der Waals surface area contributed by atoms with Crippen LogP contribution in [0.2, 0.25) is 0 Å². The maximum Gasteiger partial charge on any atom is 0.229 e. The van der Waals surface area contributed by atoms with E-state index >= 15 is 0 Å². The maximum absolute atomic E-state index is 10.7. The average Bonchev–Trinajstić information content (AvgIpc) is 1.82. The van der Waals surface area contributed by atoms with E-state index in [-0.39, 0.29) is 17.4 Å². The molecule has 1 atom stereocenters. The van der Waals surface area contributed by atoms with Gasteiger partial charge in [-0.25, -0.2) is 5.84 Å². The van der Waals surface area contributed by atoms with Gasteiger partial charge in [-0.2, -0.15) is 0 Å². The van der Waals surface area contributed by atoms with Crippen molar-refractivity contribution >= 4 is 23.2 Å². The Morgan fingerprint density at radius 3 is 2.90 bits per heavy atom. The molecule has 0 aromatic heterocycles. The van der Waals surface area contributed by atoms with Gasteiger partial charge in [0.05, 0.1) is 6.42 Å². The molecule has 0 aromatic rings. The topological polar surface area (TPSA) is 84.4 Å². The van der Waals surface area contributed by atoms with Gasteiger partial charge in [0.2, 0.25) is 5.91 Å². The van der Waals surface area contributed by atoms with Crippen LogP contribution in [0.4, 0.5) is 0 Å². The van der Waals surface area contributed by atoms with Crippen LogP contribution >= 0.6 is 12.2 Å². The Labute approximate surface area is 63.3 Å². The van der Waals surface area contributed by atoms with Gasteiger partial charge in [-0.1, -0.05) is 0 Å². The number of carbonyl (C=O) groups is 1. The van der Waals surface area contributed by atoms with E-state index in [1.54, 1.807) is 0 Å². The number of nitrogens with zero attached hydrogens (tertiary/aromatic N) is 1. The highest BCUT2D eigenvalue weighted by Crippen LogP contribution is 1.99. The van der Waals surface area contributed by atoms with Gasteiger partial charge in [0.1, 0.15) is 6.17 Å². The van der Waals surface area contributed by atoms with E-state index in [0.717, 1.165) is 5.01 Å². The molecule has 0 aliphatic carbocycles. The van der Waals surface area contributed by atoms with E-state index in [1.165, 1.54) is 0 Å². The summed E-state index contributed by atoms with van der Waals surface area (Å²) in [5.41, 5.74) is 5.41. The smallest absolute Gasteiger partial charge is 0.229 e. The van der Waals surface area contributed by atoms with E-state index in [2.05, 4.69) is 17.5 Å². The van der Waals surface area contributed by atoms with Gasteiger partial charge in [0.25, 0.3) is 0 Å². The van der Waals surface area contributed by atoms with Gasteiger partial charge >= 0.3 is 0 Å². The van der Waals surface area contributed by atoms with Crippen molar-refractivity contribution in [1.82, 2.24) is 10.3 Å². The van der Waals surface area contributed by atoms with Crippen LogP contribution < -0.4 is 16.9 Å². The number of amides is 1. The Kier molecular flexibility index (Phi) is 1.84. The fourth-order valence-electron chi connectivity index (χ4n) is 0.674. The van der Waals surface area contributed by atoms with E-state index < -0.39 is 6.17 Å². The molecule has 1 amide bonds. The molecule has 1 heterocycles. The van der Waals surface area contributed by atoms with Crippen LogP contribution in [0.25, 0.3) is 0 Å². The van der Waals surface area contributed by atoms with Crippen LogP contribution in [0.5, 0.6) is 0 Å². The van der Waals surface area contributed by atoms with Crippen molar-refractivity contribution in [2.24, 2.45) is 11.6 Å². The summed E-state index contributed by atoms with van der Waals surface area (Å²) < 4.78 is 0. The fourth-order valence-corrected chi connectivity index (χ4v) is 0.923. The molecule has 10 heavy (non-hydrogen) atoms. The summed E-state index contributed by atoms with van der Waals surface area (Å²) in [6, 6.07) is 0. The molecule has 1 aliphatic heterocycles. The molecule has 1 rings (SSSR count). The Morgan fingerprint density at radius 1 is 1.80 bits per heavy atom. The van der Waals surface area contributed by atoms with Crippen LogP contribution in [-0.2, 0) is 4.79 Å². The largest absolute Gasteiger partial charge is 0.310 e. The number of rotatable bonds is 0. The second-order valence-electron chi connectivity index (χ2n) is 2.03. The Hall–Kier alpha value is -0.720. The zero-order valence-electron chi connectivity index (χ0n) is 5.20. The van der Waals surface area contributed by atoms with Gasteiger partial charge in [0, 0.05) is 0 Å². The zero-order chi connectivity index (χ0) is 7.72. The molecule has 0 radical (unpaired) electrons. The van der Waals surface area contributed by atoms with Crippen molar-refractivity contribution in [3.63, 3.8) is 0 Å². The third kappa shape index (κ3) is 1.23. The summed E-state index contributed by atoms with van der Waals surface area (Å²) in [5, 5.41) is 3.72. The van der Waals surface area contributed by atoms with Crippen molar-refractivity contribution in [3.05, 3.63) is 0 Å². The molecule has 0 saturated carbocycles. The predicted octanol–water partition coefficient (Wildman–Crippen LogP) is -1.75. The molecule has 6 heteroatoms. The van der Waals surface area contributed by atoms with Crippen LogP contribution in [0, 0.1) is 0 Å². The average molecular weight is 160 g/mol. The van der Waals surface area contributed by atoms with Gasteiger partial charge in [-0.05, 0) is 12.2 Å². The summed E-state index contributed by atoms with van der Waals surface area (Å²) in [7, 11) is 0. The number of hydrazine groups is 1. The standard InChI is InChI=1S/C4H8N4OS/c5-2-1-3(9)7-4(10)8(2)6/h2H,1,5-6H2,(H,7,9,10). The van der Waals surface area contributed by atoms with Crippen molar-refractivity contribution in [2.45, 2.75) is 12.6 Å². The quantitative estimate of drug-likeness (QED) is 0.289. The first-order valence-corrected chi connectivity index (χ1v) is 3.15. The molecular weight excluding hydrogens is 152 g/mol. The number of nitrogens with two attached hydrogens (primary N) is 2. The fraction of sp³-hybridized carbons (Fsp3) is 0.500. The van der Waals surface area contributed by atoms with E-state index in [0.29, 0.717) is 0 Å². The minimum absolute atomic E-state index is 0.181. The Bertz CT molecular complexity index is 182. The maximum atomic E-state index is 10.7. The lowest BCUT2D eigenvalue weighted by molar-refractivity contribution is -0.121. The summed E-state index contributed by atoms with van der Waals surface area (Å²) in [4.78, 5) is 10.7. The minimum atomic E-state index is -0.485. The molecule has 1 unspecified atom stereocenters. The molecule has 0 aromatic carbocycles. The first-order chi connectivity index (χ1) is 4.61. The van der Waals surface area contributed by atoms with Gasteiger partial charge in [0.15, 0.2) is 5.11 Å². The van der Waals surface area contributed by atoms with Crippen LogP contribution in [0.1, 0.15) is 6.42 Å². The molecule has 5 nitrogen and oxygen atoms in total. The number of hydrogen-bond donors (Lipinski definition) is 3. The third-order valence-corrected chi connectivity index (χ3v) is 1.55. The SMILES string of the molecule is NC1CC(=O)NC(=S)N1N. The third-order valence-electron chi connectivity index (χ3n) is 1.23.